The molecule has 6 nitrogen and oxygen atoms in total. The molecular formula is C19H21F2N5O. The van der Waals surface area contributed by atoms with Crippen molar-refractivity contribution in [1.82, 2.24) is 19.8 Å². The molecule has 3 heterocycles. The number of fused-ring (bicyclic) bond motifs is 1. The van der Waals surface area contributed by atoms with Crippen molar-refractivity contribution in [3.63, 3.8) is 0 Å². The topological polar surface area (TPSA) is 55.5 Å². The standard InChI is InChI=1S/C19H21F2N5O/c1-27-15-4-2-3-14(12-15)11-13-7-9-25(10-8-13)17-6-5-16-22-23-19(18(20)21)26(16)24-17/h2-6,12-13,18H,7-11H2,1H3. The molecule has 0 bridgehead atoms. The molecule has 27 heavy (non-hydrogen) atoms. The number of hydrogen-bond acceptors (Lipinski definition) is 5. The Morgan fingerprint density at radius 3 is 2.70 bits per heavy atom. The zero-order valence-corrected chi connectivity index (χ0v) is 15.1. The van der Waals surface area contributed by atoms with Gasteiger partial charge in [0.25, 0.3) is 6.43 Å². The summed E-state index contributed by atoms with van der Waals surface area (Å²) < 4.78 is 32.5. The lowest BCUT2D eigenvalue weighted by Crippen LogP contribution is -2.35. The molecule has 1 aliphatic heterocycles. The van der Waals surface area contributed by atoms with Crippen LogP contribution in [0.25, 0.3) is 5.65 Å². The maximum Gasteiger partial charge on any atom is 0.299 e. The van der Waals surface area contributed by atoms with Crippen molar-refractivity contribution >= 4 is 11.5 Å². The number of rotatable bonds is 5. The van der Waals surface area contributed by atoms with E-state index in [4.69, 9.17) is 4.74 Å². The number of halogens is 2. The third kappa shape index (κ3) is 3.70. The normalized spacial score (nSPS) is 15.6. The van der Waals surface area contributed by atoms with E-state index in [9.17, 15) is 8.78 Å². The maximum absolute atomic E-state index is 13.0. The van der Waals surface area contributed by atoms with Gasteiger partial charge in [0.1, 0.15) is 11.6 Å². The first-order valence-electron chi connectivity index (χ1n) is 9.02. The smallest absolute Gasteiger partial charge is 0.299 e. The summed E-state index contributed by atoms with van der Waals surface area (Å²) in [6, 6.07) is 11.7. The van der Waals surface area contributed by atoms with Crippen LogP contribution < -0.4 is 9.64 Å². The molecule has 0 atom stereocenters. The Bertz CT molecular complexity index is 921. The molecule has 1 saturated heterocycles. The van der Waals surface area contributed by atoms with Crippen molar-refractivity contribution in [1.29, 1.82) is 0 Å². The highest BCUT2D eigenvalue weighted by Crippen LogP contribution is 2.26. The molecule has 2 aromatic heterocycles. The summed E-state index contributed by atoms with van der Waals surface area (Å²) in [5, 5.41) is 11.6. The second-order valence-electron chi connectivity index (χ2n) is 6.81. The fraction of sp³-hybridized carbons (Fsp3) is 0.421. The Morgan fingerprint density at radius 1 is 1.15 bits per heavy atom. The van der Waals surface area contributed by atoms with Crippen LogP contribution in [0.3, 0.4) is 0 Å². The lowest BCUT2D eigenvalue weighted by molar-refractivity contribution is 0.137. The van der Waals surface area contributed by atoms with E-state index < -0.39 is 12.2 Å². The van der Waals surface area contributed by atoms with Crippen molar-refractivity contribution in [2.24, 2.45) is 5.92 Å². The first-order chi connectivity index (χ1) is 13.1. The van der Waals surface area contributed by atoms with Crippen LogP contribution in [0.4, 0.5) is 14.6 Å². The SMILES string of the molecule is COc1cccc(CC2CCN(c3ccc4nnc(C(F)F)n4n3)CC2)c1. The van der Waals surface area contributed by atoms with E-state index in [2.05, 4.69) is 32.3 Å². The third-order valence-corrected chi connectivity index (χ3v) is 5.07. The number of hydrogen-bond donors (Lipinski definition) is 0. The van der Waals surface area contributed by atoms with Crippen LogP contribution >= 0.6 is 0 Å². The first-order valence-corrected chi connectivity index (χ1v) is 9.02. The molecule has 8 heteroatoms. The van der Waals surface area contributed by atoms with E-state index >= 15 is 0 Å². The lowest BCUT2D eigenvalue weighted by atomic mass is 9.90. The number of anilines is 1. The maximum atomic E-state index is 13.0. The molecule has 4 rings (SSSR count). The zero-order valence-electron chi connectivity index (χ0n) is 15.1. The minimum Gasteiger partial charge on any atom is -0.497 e. The van der Waals surface area contributed by atoms with Gasteiger partial charge in [-0.25, -0.2) is 8.78 Å². The second-order valence-corrected chi connectivity index (χ2v) is 6.81. The lowest BCUT2D eigenvalue weighted by Gasteiger charge is -2.32. The predicted molar refractivity (Wildman–Crippen MR) is 97.4 cm³/mol. The van der Waals surface area contributed by atoms with Crippen LogP contribution in [0, 0.1) is 5.92 Å². The Balaban J connectivity index is 1.43. The van der Waals surface area contributed by atoms with Crippen LogP contribution in [0.5, 0.6) is 5.75 Å². The molecule has 0 radical (unpaired) electrons. The van der Waals surface area contributed by atoms with Crippen LogP contribution in [0.1, 0.15) is 30.7 Å². The van der Waals surface area contributed by atoms with Crippen LogP contribution in [-0.2, 0) is 6.42 Å². The molecule has 1 fully saturated rings. The first kappa shape index (κ1) is 17.6. The van der Waals surface area contributed by atoms with Crippen LogP contribution in [-0.4, -0.2) is 40.0 Å². The number of alkyl halides is 2. The van der Waals surface area contributed by atoms with Crippen molar-refractivity contribution in [2.75, 3.05) is 25.1 Å². The van der Waals surface area contributed by atoms with Gasteiger partial charge in [0.05, 0.1) is 7.11 Å². The second kappa shape index (κ2) is 7.46. The van der Waals surface area contributed by atoms with Crippen molar-refractivity contribution in [3.05, 3.63) is 47.8 Å². The van der Waals surface area contributed by atoms with Gasteiger partial charge in [-0.1, -0.05) is 12.1 Å². The largest absolute Gasteiger partial charge is 0.497 e. The van der Waals surface area contributed by atoms with Crippen molar-refractivity contribution in [3.8, 4) is 5.75 Å². The summed E-state index contributed by atoms with van der Waals surface area (Å²) in [5.74, 6) is 1.73. The van der Waals surface area contributed by atoms with Gasteiger partial charge in [0.15, 0.2) is 5.65 Å². The van der Waals surface area contributed by atoms with Crippen molar-refractivity contribution in [2.45, 2.75) is 25.7 Å². The average Bonchev–Trinajstić information content (AvgIpc) is 3.12. The minimum atomic E-state index is -2.70. The van der Waals surface area contributed by atoms with Crippen molar-refractivity contribution < 1.29 is 13.5 Å². The Hall–Kier alpha value is -2.77. The zero-order chi connectivity index (χ0) is 18.8. The summed E-state index contributed by atoms with van der Waals surface area (Å²) in [6.07, 6.45) is 0.372. The number of nitrogens with zero attached hydrogens (tertiary/aromatic N) is 5. The monoisotopic (exact) mass is 373 g/mol. The fourth-order valence-electron chi connectivity index (χ4n) is 3.60. The van der Waals surface area contributed by atoms with Crippen LogP contribution in [0.15, 0.2) is 36.4 Å². The Kier molecular flexibility index (Phi) is 4.87. The highest BCUT2D eigenvalue weighted by atomic mass is 19.3. The molecule has 0 N–H and O–H groups in total. The van der Waals surface area contributed by atoms with E-state index in [0.29, 0.717) is 17.4 Å². The number of benzene rings is 1. The van der Waals surface area contributed by atoms with Gasteiger partial charge in [0, 0.05) is 13.1 Å². The van der Waals surface area contributed by atoms with E-state index in [-0.39, 0.29) is 0 Å². The molecule has 0 unspecified atom stereocenters. The fourth-order valence-corrected chi connectivity index (χ4v) is 3.60. The molecule has 0 amide bonds. The predicted octanol–water partition coefficient (Wildman–Crippen LogP) is 3.53. The van der Waals surface area contributed by atoms with Crippen LogP contribution in [0.2, 0.25) is 0 Å². The minimum absolute atomic E-state index is 0.335. The Morgan fingerprint density at radius 2 is 1.96 bits per heavy atom. The summed E-state index contributed by atoms with van der Waals surface area (Å²) in [7, 11) is 1.68. The molecule has 3 aromatic rings. The average molecular weight is 373 g/mol. The Labute approximate surface area is 155 Å². The molecule has 0 spiro atoms. The van der Waals surface area contributed by atoms with Gasteiger partial charge in [-0.3, -0.25) is 0 Å². The van der Waals surface area contributed by atoms with Gasteiger partial charge >= 0.3 is 0 Å². The third-order valence-electron chi connectivity index (χ3n) is 5.07. The summed E-state index contributed by atoms with van der Waals surface area (Å²) in [5.41, 5.74) is 1.61. The molecular weight excluding hydrogens is 352 g/mol. The molecule has 0 saturated carbocycles. The van der Waals surface area contributed by atoms with Gasteiger partial charge in [0.2, 0.25) is 5.82 Å². The van der Waals surface area contributed by atoms with E-state index in [1.54, 1.807) is 13.2 Å². The highest BCUT2D eigenvalue weighted by molar-refractivity contribution is 5.46. The summed E-state index contributed by atoms with van der Waals surface area (Å²) in [4.78, 5) is 2.14. The van der Waals surface area contributed by atoms with E-state index in [1.165, 1.54) is 5.56 Å². The molecule has 0 aliphatic carbocycles. The summed E-state index contributed by atoms with van der Waals surface area (Å²) in [6.45, 7) is 1.69. The van der Waals surface area contributed by atoms with Gasteiger partial charge in [-0.2, -0.15) is 4.52 Å². The number of piperidine rings is 1. The van der Waals surface area contributed by atoms with E-state index in [1.807, 2.05) is 18.2 Å². The number of methoxy groups -OCH3 is 1. The van der Waals surface area contributed by atoms with E-state index in [0.717, 1.165) is 42.6 Å². The summed E-state index contributed by atoms with van der Waals surface area (Å²) >= 11 is 0. The molecule has 1 aliphatic rings. The molecule has 142 valence electrons. The number of ether oxygens (including phenoxy) is 1. The van der Waals surface area contributed by atoms with Gasteiger partial charge < -0.3 is 9.64 Å². The molecule has 1 aromatic carbocycles. The van der Waals surface area contributed by atoms with Gasteiger partial charge in [-0.05, 0) is 55.0 Å². The number of aromatic nitrogens is 4. The highest BCUT2D eigenvalue weighted by Gasteiger charge is 2.22. The quantitative estimate of drug-likeness (QED) is 0.685. The van der Waals surface area contributed by atoms with Gasteiger partial charge in [-0.15, -0.1) is 15.3 Å².